The fourth-order valence-corrected chi connectivity index (χ4v) is 4.51. The number of benzene rings is 1. The summed E-state index contributed by atoms with van der Waals surface area (Å²) in [6.07, 6.45) is 12.0. The minimum Gasteiger partial charge on any atom is -0.356 e. The van der Waals surface area contributed by atoms with Crippen LogP contribution in [-0.4, -0.2) is 47.3 Å². The Morgan fingerprint density at radius 2 is 2.00 bits per heavy atom. The van der Waals surface area contributed by atoms with Crippen LogP contribution in [-0.2, 0) is 6.42 Å². The second-order valence-electron chi connectivity index (χ2n) is 7.73. The zero-order valence-corrected chi connectivity index (χ0v) is 15.7. The van der Waals surface area contributed by atoms with Crippen molar-refractivity contribution in [1.82, 2.24) is 20.0 Å². The van der Waals surface area contributed by atoms with Gasteiger partial charge < -0.3 is 10.2 Å². The van der Waals surface area contributed by atoms with Gasteiger partial charge in [-0.25, -0.2) is 4.68 Å². The highest BCUT2D eigenvalue weighted by atomic mass is 15.3. The highest BCUT2D eigenvalue weighted by molar-refractivity contribution is 5.80. The molecule has 2 aromatic rings. The van der Waals surface area contributed by atoms with E-state index in [1.54, 1.807) is 0 Å². The highest BCUT2D eigenvalue weighted by Crippen LogP contribution is 2.45. The maximum atomic E-state index is 4.52. The van der Waals surface area contributed by atoms with Gasteiger partial charge in [0.15, 0.2) is 5.96 Å². The molecule has 4 rings (SSSR count). The number of nitrogens with one attached hydrogen (secondary N) is 1. The molecule has 1 aliphatic heterocycles. The normalized spacial score (nSPS) is 19.4. The average Bonchev–Trinajstić information content (AvgIpc) is 3.42. The molecule has 1 aliphatic carbocycles. The summed E-state index contributed by atoms with van der Waals surface area (Å²) in [7, 11) is 1.90. The zero-order chi connectivity index (χ0) is 17.8. The molecule has 138 valence electrons. The molecule has 1 N–H and O–H groups in total. The van der Waals surface area contributed by atoms with Gasteiger partial charge in [-0.15, -0.1) is 0 Å². The third-order valence-corrected chi connectivity index (χ3v) is 5.97. The number of para-hydroxylation sites is 1. The van der Waals surface area contributed by atoms with Crippen molar-refractivity contribution in [3.63, 3.8) is 0 Å². The van der Waals surface area contributed by atoms with Crippen molar-refractivity contribution < 1.29 is 0 Å². The lowest BCUT2D eigenvalue weighted by Gasteiger charge is -2.25. The van der Waals surface area contributed by atoms with E-state index in [9.17, 15) is 0 Å². The largest absolute Gasteiger partial charge is 0.356 e. The van der Waals surface area contributed by atoms with Crippen LogP contribution >= 0.6 is 0 Å². The van der Waals surface area contributed by atoms with Crippen molar-refractivity contribution in [3.05, 3.63) is 48.3 Å². The molecule has 2 fully saturated rings. The maximum absolute atomic E-state index is 4.52. The number of guanidine groups is 1. The molecule has 1 saturated heterocycles. The van der Waals surface area contributed by atoms with Crippen molar-refractivity contribution in [3.8, 4) is 5.69 Å². The lowest BCUT2D eigenvalue weighted by molar-refractivity contribution is 0.309. The molecule has 26 heavy (non-hydrogen) atoms. The minimum atomic E-state index is 0.578. The number of hydrogen-bond acceptors (Lipinski definition) is 2. The van der Waals surface area contributed by atoms with Gasteiger partial charge in [-0.05, 0) is 48.8 Å². The van der Waals surface area contributed by atoms with Gasteiger partial charge in [0, 0.05) is 32.9 Å². The predicted octanol–water partition coefficient (Wildman–Crippen LogP) is 3.26. The smallest absolute Gasteiger partial charge is 0.193 e. The molecule has 0 radical (unpaired) electrons. The third kappa shape index (κ3) is 3.62. The van der Waals surface area contributed by atoms with Crippen molar-refractivity contribution in [1.29, 1.82) is 0 Å². The molecule has 0 amide bonds. The first-order valence-corrected chi connectivity index (χ1v) is 9.83. The molecule has 0 bridgehead atoms. The van der Waals surface area contributed by atoms with Crippen LogP contribution < -0.4 is 5.32 Å². The predicted molar refractivity (Wildman–Crippen MR) is 106 cm³/mol. The van der Waals surface area contributed by atoms with E-state index in [4.69, 9.17) is 0 Å². The summed E-state index contributed by atoms with van der Waals surface area (Å²) in [5, 5.41) is 8.03. The quantitative estimate of drug-likeness (QED) is 0.679. The Kier molecular flexibility index (Phi) is 4.96. The second kappa shape index (κ2) is 7.52. The van der Waals surface area contributed by atoms with Gasteiger partial charge >= 0.3 is 0 Å². The summed E-state index contributed by atoms with van der Waals surface area (Å²) in [4.78, 5) is 6.98. The van der Waals surface area contributed by atoms with E-state index in [1.165, 1.54) is 44.2 Å². The lowest BCUT2D eigenvalue weighted by atomic mass is 9.86. The van der Waals surface area contributed by atoms with Gasteiger partial charge in [0.1, 0.15) is 0 Å². The summed E-state index contributed by atoms with van der Waals surface area (Å²) in [5.41, 5.74) is 2.92. The molecular weight excluding hydrogens is 322 g/mol. The Labute approximate surface area is 156 Å². The van der Waals surface area contributed by atoms with Gasteiger partial charge in [0.2, 0.25) is 0 Å². The molecular formula is C21H29N5. The van der Waals surface area contributed by atoms with Crippen LogP contribution in [0.1, 0.15) is 37.7 Å². The fraction of sp³-hybridized carbons (Fsp3) is 0.524. The number of nitrogens with zero attached hydrogens (tertiary/aromatic N) is 4. The standard InChI is InChI=1S/C21H29N5/c1-22-20(25-14-12-21(17-25)10-5-6-11-21)23-13-9-18-15-24-26(16-18)19-7-3-2-4-8-19/h2-4,7-8,15-16H,5-6,9-14,17H2,1H3,(H,22,23). The monoisotopic (exact) mass is 351 g/mol. The SMILES string of the molecule is CN=C(NCCc1cnn(-c2ccccc2)c1)N1CCC2(CCCC2)C1. The zero-order valence-electron chi connectivity index (χ0n) is 15.7. The van der Waals surface area contributed by atoms with E-state index in [0.29, 0.717) is 5.41 Å². The van der Waals surface area contributed by atoms with Crippen molar-refractivity contribution in [2.24, 2.45) is 10.4 Å². The third-order valence-electron chi connectivity index (χ3n) is 5.97. The Morgan fingerprint density at radius 1 is 1.19 bits per heavy atom. The molecule has 2 heterocycles. The maximum Gasteiger partial charge on any atom is 0.193 e. The van der Waals surface area contributed by atoms with Gasteiger partial charge in [-0.1, -0.05) is 31.0 Å². The molecule has 1 aromatic heterocycles. The molecule has 5 nitrogen and oxygen atoms in total. The van der Waals surface area contributed by atoms with Gasteiger partial charge in [-0.3, -0.25) is 4.99 Å². The summed E-state index contributed by atoms with van der Waals surface area (Å²) in [6.45, 7) is 3.21. The number of aliphatic imine (C=N–C) groups is 1. The summed E-state index contributed by atoms with van der Waals surface area (Å²) in [5.74, 6) is 1.06. The van der Waals surface area contributed by atoms with E-state index in [1.807, 2.05) is 36.1 Å². The van der Waals surface area contributed by atoms with Gasteiger partial charge in [0.05, 0.1) is 11.9 Å². The van der Waals surface area contributed by atoms with Crippen molar-refractivity contribution >= 4 is 5.96 Å². The Morgan fingerprint density at radius 3 is 2.77 bits per heavy atom. The van der Waals surface area contributed by atoms with E-state index >= 15 is 0 Å². The Balaban J connectivity index is 1.29. The van der Waals surface area contributed by atoms with Gasteiger partial charge in [-0.2, -0.15) is 5.10 Å². The average molecular weight is 351 g/mol. The van der Waals surface area contributed by atoms with Crippen LogP contribution in [0.4, 0.5) is 0 Å². The van der Waals surface area contributed by atoms with Crippen LogP contribution in [0.2, 0.25) is 0 Å². The molecule has 1 saturated carbocycles. The first-order valence-electron chi connectivity index (χ1n) is 9.83. The molecule has 1 aromatic carbocycles. The van der Waals surface area contributed by atoms with E-state index in [2.05, 4.69) is 38.6 Å². The van der Waals surface area contributed by atoms with E-state index in [-0.39, 0.29) is 0 Å². The van der Waals surface area contributed by atoms with E-state index in [0.717, 1.165) is 31.2 Å². The molecule has 0 unspecified atom stereocenters. The summed E-state index contributed by atoms with van der Waals surface area (Å²) >= 11 is 0. The van der Waals surface area contributed by atoms with Crippen molar-refractivity contribution in [2.45, 2.75) is 38.5 Å². The summed E-state index contributed by atoms with van der Waals surface area (Å²) < 4.78 is 1.94. The number of rotatable bonds is 4. The molecule has 0 atom stereocenters. The van der Waals surface area contributed by atoms with Crippen molar-refractivity contribution in [2.75, 3.05) is 26.7 Å². The van der Waals surface area contributed by atoms with Gasteiger partial charge in [0.25, 0.3) is 0 Å². The first kappa shape index (κ1) is 17.1. The van der Waals surface area contributed by atoms with Crippen LogP contribution in [0.3, 0.4) is 0 Å². The topological polar surface area (TPSA) is 45.5 Å². The van der Waals surface area contributed by atoms with Crippen LogP contribution in [0.5, 0.6) is 0 Å². The molecule has 5 heteroatoms. The number of hydrogen-bond donors (Lipinski definition) is 1. The number of aromatic nitrogens is 2. The highest BCUT2D eigenvalue weighted by Gasteiger charge is 2.40. The molecule has 2 aliphatic rings. The number of likely N-dealkylation sites (tertiary alicyclic amines) is 1. The Bertz CT molecular complexity index is 743. The minimum absolute atomic E-state index is 0.578. The van der Waals surface area contributed by atoms with Crippen LogP contribution in [0.15, 0.2) is 47.7 Å². The fourth-order valence-electron chi connectivity index (χ4n) is 4.51. The Hall–Kier alpha value is -2.30. The van der Waals surface area contributed by atoms with Crippen LogP contribution in [0.25, 0.3) is 5.69 Å². The second-order valence-corrected chi connectivity index (χ2v) is 7.73. The lowest BCUT2D eigenvalue weighted by Crippen LogP contribution is -2.41. The van der Waals surface area contributed by atoms with Crippen LogP contribution in [0, 0.1) is 5.41 Å². The first-order chi connectivity index (χ1) is 12.8. The summed E-state index contributed by atoms with van der Waals surface area (Å²) in [6, 6.07) is 10.2. The van der Waals surface area contributed by atoms with E-state index < -0.39 is 0 Å². The molecule has 1 spiro atoms.